The lowest BCUT2D eigenvalue weighted by molar-refractivity contribution is -0.139. The van der Waals surface area contributed by atoms with Crippen LogP contribution in [0.5, 0.6) is 0 Å². The lowest BCUT2D eigenvalue weighted by Crippen LogP contribution is -2.37. The molecule has 5 nitrogen and oxygen atoms in total. The SMILES string of the molecule is CC1CCC(CNC(=O)c2cncc(F)c2)(CC(=O)O)C1. The van der Waals surface area contributed by atoms with Crippen LogP contribution in [0.2, 0.25) is 0 Å². The number of halogens is 1. The van der Waals surface area contributed by atoms with E-state index in [1.807, 2.05) is 0 Å². The Hall–Kier alpha value is -1.98. The molecule has 0 aromatic carbocycles. The zero-order chi connectivity index (χ0) is 15.5. The minimum atomic E-state index is -0.856. The van der Waals surface area contributed by atoms with Crippen molar-refractivity contribution >= 4 is 11.9 Å². The van der Waals surface area contributed by atoms with E-state index in [0.717, 1.165) is 31.5 Å². The first-order valence-electron chi connectivity index (χ1n) is 7.01. The van der Waals surface area contributed by atoms with Crippen LogP contribution in [0, 0.1) is 17.2 Å². The summed E-state index contributed by atoms with van der Waals surface area (Å²) in [7, 11) is 0. The molecule has 1 saturated carbocycles. The normalized spacial score (nSPS) is 24.8. The van der Waals surface area contributed by atoms with Gasteiger partial charge in [0.1, 0.15) is 5.82 Å². The highest BCUT2D eigenvalue weighted by Crippen LogP contribution is 2.43. The van der Waals surface area contributed by atoms with E-state index >= 15 is 0 Å². The van der Waals surface area contributed by atoms with E-state index in [1.54, 1.807) is 0 Å². The fraction of sp³-hybridized carbons (Fsp3) is 0.533. The number of aliphatic carboxylic acids is 1. The fourth-order valence-corrected chi connectivity index (χ4v) is 3.11. The maximum absolute atomic E-state index is 13.0. The van der Waals surface area contributed by atoms with Gasteiger partial charge >= 0.3 is 5.97 Å². The van der Waals surface area contributed by atoms with Crippen molar-refractivity contribution in [3.05, 3.63) is 29.8 Å². The first kappa shape index (κ1) is 15.4. The van der Waals surface area contributed by atoms with Gasteiger partial charge in [0.25, 0.3) is 5.91 Å². The highest BCUT2D eigenvalue weighted by molar-refractivity contribution is 5.93. The molecule has 1 fully saturated rings. The molecule has 1 aliphatic carbocycles. The van der Waals surface area contributed by atoms with Crippen LogP contribution in [0.1, 0.15) is 43.0 Å². The van der Waals surface area contributed by atoms with Crippen molar-refractivity contribution in [2.75, 3.05) is 6.54 Å². The Morgan fingerprint density at radius 2 is 2.29 bits per heavy atom. The number of nitrogens with one attached hydrogen (secondary N) is 1. The molecular formula is C15H19FN2O3. The topological polar surface area (TPSA) is 79.3 Å². The third-order valence-corrected chi connectivity index (χ3v) is 4.07. The van der Waals surface area contributed by atoms with Crippen molar-refractivity contribution in [2.45, 2.75) is 32.6 Å². The standard InChI is InChI=1S/C15H19FN2O3/c1-10-2-3-15(5-10,6-13(19)20)9-18-14(21)11-4-12(16)8-17-7-11/h4,7-8,10H,2-3,5-6,9H2,1H3,(H,18,21)(H,19,20). The van der Waals surface area contributed by atoms with Gasteiger partial charge in [-0.2, -0.15) is 0 Å². The van der Waals surface area contributed by atoms with Crippen LogP contribution in [-0.2, 0) is 4.79 Å². The van der Waals surface area contributed by atoms with Gasteiger partial charge in [0, 0.05) is 12.7 Å². The number of hydrogen-bond acceptors (Lipinski definition) is 3. The molecule has 1 amide bonds. The molecule has 1 heterocycles. The number of nitrogens with zero attached hydrogens (tertiary/aromatic N) is 1. The summed E-state index contributed by atoms with van der Waals surface area (Å²) in [5.41, 5.74) is -0.256. The number of rotatable bonds is 5. The first-order valence-corrected chi connectivity index (χ1v) is 7.01. The lowest BCUT2D eigenvalue weighted by Gasteiger charge is -2.27. The minimum absolute atomic E-state index is 0.0407. The van der Waals surface area contributed by atoms with E-state index in [4.69, 9.17) is 5.11 Å². The van der Waals surface area contributed by atoms with E-state index < -0.39 is 23.1 Å². The van der Waals surface area contributed by atoms with E-state index in [9.17, 15) is 14.0 Å². The van der Waals surface area contributed by atoms with Gasteiger partial charge in [-0.3, -0.25) is 14.6 Å². The molecule has 2 rings (SSSR count). The molecule has 2 unspecified atom stereocenters. The molecule has 0 saturated heterocycles. The van der Waals surface area contributed by atoms with E-state index in [-0.39, 0.29) is 12.0 Å². The van der Waals surface area contributed by atoms with Crippen LogP contribution in [0.15, 0.2) is 18.5 Å². The Morgan fingerprint density at radius 1 is 1.52 bits per heavy atom. The maximum Gasteiger partial charge on any atom is 0.303 e. The summed E-state index contributed by atoms with van der Waals surface area (Å²) in [5, 5.41) is 11.8. The smallest absolute Gasteiger partial charge is 0.303 e. The molecular weight excluding hydrogens is 275 g/mol. The fourth-order valence-electron chi connectivity index (χ4n) is 3.11. The highest BCUT2D eigenvalue weighted by atomic mass is 19.1. The molecule has 0 spiro atoms. The van der Waals surface area contributed by atoms with Gasteiger partial charge in [0.15, 0.2) is 0 Å². The first-order chi connectivity index (χ1) is 9.90. The number of carbonyl (C=O) groups excluding carboxylic acids is 1. The van der Waals surface area contributed by atoms with Crippen LogP contribution in [0.3, 0.4) is 0 Å². The van der Waals surface area contributed by atoms with Gasteiger partial charge in [0.05, 0.1) is 18.2 Å². The number of carboxylic acids is 1. The van der Waals surface area contributed by atoms with Crippen LogP contribution < -0.4 is 5.32 Å². The van der Waals surface area contributed by atoms with Crippen molar-refractivity contribution in [1.29, 1.82) is 0 Å². The molecule has 0 aliphatic heterocycles. The Bertz CT molecular complexity index is 549. The zero-order valence-electron chi connectivity index (χ0n) is 11.9. The summed E-state index contributed by atoms with van der Waals surface area (Å²) in [5.74, 6) is -1.40. The summed E-state index contributed by atoms with van der Waals surface area (Å²) in [6, 6.07) is 1.11. The van der Waals surface area contributed by atoms with Crippen molar-refractivity contribution in [3.8, 4) is 0 Å². The Morgan fingerprint density at radius 3 is 2.86 bits per heavy atom. The third kappa shape index (κ3) is 4.00. The molecule has 114 valence electrons. The molecule has 1 aromatic rings. The molecule has 1 aromatic heterocycles. The van der Waals surface area contributed by atoms with E-state index in [2.05, 4.69) is 17.2 Å². The predicted octanol–water partition coefficient (Wildman–Crippen LogP) is 2.23. The van der Waals surface area contributed by atoms with Crippen LogP contribution >= 0.6 is 0 Å². The molecule has 1 aliphatic rings. The van der Waals surface area contributed by atoms with Crippen LogP contribution in [0.4, 0.5) is 4.39 Å². The van der Waals surface area contributed by atoms with E-state index in [0.29, 0.717) is 12.5 Å². The quantitative estimate of drug-likeness (QED) is 0.872. The van der Waals surface area contributed by atoms with Crippen LogP contribution in [-0.4, -0.2) is 28.5 Å². The number of aromatic nitrogens is 1. The van der Waals surface area contributed by atoms with Gasteiger partial charge in [-0.15, -0.1) is 0 Å². The molecule has 0 bridgehead atoms. The van der Waals surface area contributed by atoms with E-state index in [1.165, 1.54) is 6.20 Å². The second kappa shape index (κ2) is 6.20. The Balaban J connectivity index is 2.02. The number of carbonyl (C=O) groups is 2. The van der Waals surface area contributed by atoms with Crippen molar-refractivity contribution in [1.82, 2.24) is 10.3 Å². The van der Waals surface area contributed by atoms with Gasteiger partial charge in [0.2, 0.25) is 0 Å². The van der Waals surface area contributed by atoms with Gasteiger partial charge in [-0.05, 0) is 30.2 Å². The van der Waals surface area contributed by atoms with Gasteiger partial charge in [-0.1, -0.05) is 13.3 Å². The summed E-state index contributed by atoms with van der Waals surface area (Å²) >= 11 is 0. The second-order valence-electron chi connectivity index (χ2n) is 5.99. The zero-order valence-corrected chi connectivity index (χ0v) is 11.9. The summed E-state index contributed by atoms with van der Waals surface area (Å²) in [6.07, 6.45) is 4.88. The maximum atomic E-state index is 13.0. The average Bonchev–Trinajstić information content (AvgIpc) is 2.77. The van der Waals surface area contributed by atoms with Crippen molar-refractivity contribution in [3.63, 3.8) is 0 Å². The molecule has 2 atom stereocenters. The summed E-state index contributed by atoms with van der Waals surface area (Å²) in [4.78, 5) is 26.7. The Labute approximate surface area is 122 Å². The Kier molecular flexibility index (Phi) is 4.55. The van der Waals surface area contributed by atoms with Crippen molar-refractivity contribution in [2.24, 2.45) is 11.3 Å². The minimum Gasteiger partial charge on any atom is -0.481 e. The average molecular weight is 294 g/mol. The predicted molar refractivity (Wildman–Crippen MR) is 74.2 cm³/mol. The summed E-state index contributed by atoms with van der Waals surface area (Å²) in [6.45, 7) is 2.38. The lowest BCUT2D eigenvalue weighted by atomic mass is 9.81. The number of amides is 1. The molecule has 21 heavy (non-hydrogen) atoms. The number of hydrogen-bond donors (Lipinski definition) is 2. The largest absolute Gasteiger partial charge is 0.481 e. The third-order valence-electron chi connectivity index (χ3n) is 4.07. The van der Waals surface area contributed by atoms with Crippen LogP contribution in [0.25, 0.3) is 0 Å². The number of pyridine rings is 1. The molecule has 2 N–H and O–H groups in total. The monoisotopic (exact) mass is 294 g/mol. The number of carboxylic acid groups (broad SMARTS) is 1. The highest BCUT2D eigenvalue weighted by Gasteiger charge is 2.39. The van der Waals surface area contributed by atoms with Gasteiger partial charge in [-0.25, -0.2) is 4.39 Å². The van der Waals surface area contributed by atoms with Crippen molar-refractivity contribution < 1.29 is 19.1 Å². The molecule has 0 radical (unpaired) electrons. The second-order valence-corrected chi connectivity index (χ2v) is 5.99. The van der Waals surface area contributed by atoms with Gasteiger partial charge < -0.3 is 10.4 Å². The molecule has 6 heteroatoms. The summed E-state index contributed by atoms with van der Waals surface area (Å²) < 4.78 is 13.0.